The molecule has 0 aliphatic carbocycles. The summed E-state index contributed by atoms with van der Waals surface area (Å²) >= 11 is 0. The molecule has 24 heavy (non-hydrogen) atoms. The Kier molecular flexibility index (Phi) is 4.80. The number of piperazine rings is 1. The van der Waals surface area contributed by atoms with Crippen molar-refractivity contribution in [1.29, 1.82) is 0 Å². The predicted molar refractivity (Wildman–Crippen MR) is 90.7 cm³/mol. The minimum Gasteiger partial charge on any atom is -0.482 e. The summed E-state index contributed by atoms with van der Waals surface area (Å²) in [5.74, 6) is 0.217. The number of rotatable bonds is 4. The van der Waals surface area contributed by atoms with E-state index in [0.29, 0.717) is 30.6 Å². The normalized spacial score (nSPS) is 20.8. The monoisotopic (exact) mass is 353 g/mol. The molecule has 2 aliphatic heterocycles. The van der Waals surface area contributed by atoms with E-state index in [0.717, 1.165) is 19.5 Å². The van der Waals surface area contributed by atoms with E-state index >= 15 is 0 Å². The molecule has 1 saturated heterocycles. The van der Waals surface area contributed by atoms with Gasteiger partial charge in [-0.05, 0) is 31.5 Å². The van der Waals surface area contributed by atoms with Crippen molar-refractivity contribution in [1.82, 2.24) is 9.21 Å². The number of benzene rings is 1. The van der Waals surface area contributed by atoms with Gasteiger partial charge in [0.15, 0.2) is 6.61 Å². The number of hydrogen-bond donors (Lipinski definition) is 1. The van der Waals surface area contributed by atoms with Gasteiger partial charge in [-0.15, -0.1) is 0 Å². The molecule has 8 heteroatoms. The first kappa shape index (κ1) is 17.2. The average Bonchev–Trinajstić information content (AvgIpc) is 2.60. The van der Waals surface area contributed by atoms with Gasteiger partial charge in [-0.1, -0.05) is 6.92 Å². The second-order valence-electron chi connectivity index (χ2n) is 6.19. The van der Waals surface area contributed by atoms with Gasteiger partial charge in [0, 0.05) is 32.2 Å². The number of ether oxygens (including phenoxy) is 1. The van der Waals surface area contributed by atoms with E-state index in [9.17, 15) is 13.2 Å². The van der Waals surface area contributed by atoms with Crippen molar-refractivity contribution >= 4 is 21.6 Å². The molecule has 0 aromatic heterocycles. The fraction of sp³-hybridized carbons (Fsp3) is 0.562. The molecule has 7 nitrogen and oxygen atoms in total. The molecule has 1 aromatic rings. The average molecular weight is 353 g/mol. The van der Waals surface area contributed by atoms with Crippen molar-refractivity contribution in [3.05, 3.63) is 18.2 Å². The number of fused-ring (bicyclic) bond motifs is 1. The van der Waals surface area contributed by atoms with Crippen molar-refractivity contribution in [3.63, 3.8) is 0 Å². The zero-order valence-electron chi connectivity index (χ0n) is 14.0. The van der Waals surface area contributed by atoms with E-state index in [1.807, 2.05) is 0 Å². The Hall–Kier alpha value is -1.64. The maximum atomic E-state index is 12.9. The Balaban J connectivity index is 1.77. The topological polar surface area (TPSA) is 79.0 Å². The van der Waals surface area contributed by atoms with Crippen LogP contribution >= 0.6 is 0 Å². The van der Waals surface area contributed by atoms with Crippen LogP contribution in [0.3, 0.4) is 0 Å². The third-order valence-electron chi connectivity index (χ3n) is 4.71. The Morgan fingerprint density at radius 2 is 1.96 bits per heavy atom. The van der Waals surface area contributed by atoms with Crippen LogP contribution in [-0.4, -0.2) is 62.4 Å². The smallest absolute Gasteiger partial charge is 0.262 e. The summed E-state index contributed by atoms with van der Waals surface area (Å²) in [6.45, 7) is 6.68. The molecule has 2 heterocycles. The minimum absolute atomic E-state index is 0.0450. The number of carbonyl (C=O) groups is 1. The molecule has 0 saturated carbocycles. The Bertz CT molecular complexity index is 727. The van der Waals surface area contributed by atoms with Gasteiger partial charge in [0.2, 0.25) is 10.0 Å². The number of nitrogens with one attached hydrogen (secondary N) is 1. The molecular formula is C16H23N3O4S. The summed E-state index contributed by atoms with van der Waals surface area (Å²) in [5, 5.41) is 2.65. The van der Waals surface area contributed by atoms with Gasteiger partial charge in [0.1, 0.15) is 5.75 Å². The van der Waals surface area contributed by atoms with Gasteiger partial charge in [0.25, 0.3) is 5.91 Å². The van der Waals surface area contributed by atoms with Crippen molar-refractivity contribution in [2.75, 3.05) is 38.1 Å². The maximum Gasteiger partial charge on any atom is 0.262 e. The highest BCUT2D eigenvalue weighted by Crippen LogP contribution is 2.31. The maximum absolute atomic E-state index is 12.9. The number of sulfonamides is 1. The zero-order chi connectivity index (χ0) is 17.3. The van der Waals surface area contributed by atoms with Crippen molar-refractivity contribution < 1.29 is 17.9 Å². The van der Waals surface area contributed by atoms with Crippen LogP contribution < -0.4 is 10.1 Å². The largest absolute Gasteiger partial charge is 0.482 e. The SMILES string of the molecule is CCC(C)N1CCN(S(=O)(=O)c2ccc3c(c2)NC(=O)CO3)CC1. The first-order chi connectivity index (χ1) is 11.4. The molecular weight excluding hydrogens is 330 g/mol. The summed E-state index contributed by atoms with van der Waals surface area (Å²) in [4.78, 5) is 13.9. The van der Waals surface area contributed by atoms with E-state index in [1.165, 1.54) is 16.4 Å². The van der Waals surface area contributed by atoms with Crippen molar-refractivity contribution in [3.8, 4) is 5.75 Å². The van der Waals surface area contributed by atoms with E-state index in [-0.39, 0.29) is 17.4 Å². The fourth-order valence-electron chi connectivity index (χ4n) is 3.01. The molecule has 2 aliphatic rings. The highest BCUT2D eigenvalue weighted by Gasteiger charge is 2.30. The molecule has 1 atom stereocenters. The summed E-state index contributed by atoms with van der Waals surface area (Å²) in [5.41, 5.74) is 0.408. The van der Waals surface area contributed by atoms with Crippen LogP contribution in [0.1, 0.15) is 20.3 Å². The van der Waals surface area contributed by atoms with E-state index < -0.39 is 10.0 Å². The lowest BCUT2D eigenvalue weighted by atomic mass is 10.2. The Morgan fingerprint density at radius 1 is 1.25 bits per heavy atom. The molecule has 1 N–H and O–H groups in total. The lowest BCUT2D eigenvalue weighted by Gasteiger charge is -2.37. The molecule has 0 radical (unpaired) electrons. The summed E-state index contributed by atoms with van der Waals surface area (Å²) in [7, 11) is -3.57. The van der Waals surface area contributed by atoms with Crippen molar-refractivity contribution in [2.45, 2.75) is 31.2 Å². The standard InChI is InChI=1S/C16H23N3O4S/c1-3-12(2)18-6-8-19(9-7-18)24(21,22)13-4-5-15-14(10-13)17-16(20)11-23-15/h4-5,10,12H,3,6-9,11H2,1-2H3,(H,17,20). The predicted octanol–water partition coefficient (Wildman–Crippen LogP) is 1.12. The third-order valence-corrected chi connectivity index (χ3v) is 6.60. The van der Waals surface area contributed by atoms with Crippen molar-refractivity contribution in [2.24, 2.45) is 0 Å². The van der Waals surface area contributed by atoms with Gasteiger partial charge in [-0.2, -0.15) is 4.31 Å². The lowest BCUT2D eigenvalue weighted by molar-refractivity contribution is -0.118. The Labute approximate surface area is 142 Å². The van der Waals surface area contributed by atoms with E-state index in [1.54, 1.807) is 6.07 Å². The zero-order valence-corrected chi connectivity index (χ0v) is 14.8. The van der Waals surface area contributed by atoms with Crippen LogP contribution in [0.2, 0.25) is 0 Å². The first-order valence-electron chi connectivity index (χ1n) is 8.22. The highest BCUT2D eigenvalue weighted by molar-refractivity contribution is 7.89. The van der Waals surface area contributed by atoms with Crippen LogP contribution in [0.15, 0.2) is 23.1 Å². The third kappa shape index (κ3) is 3.26. The van der Waals surface area contributed by atoms with Gasteiger partial charge in [0.05, 0.1) is 10.6 Å². The van der Waals surface area contributed by atoms with Crippen LogP contribution in [-0.2, 0) is 14.8 Å². The van der Waals surface area contributed by atoms with Crippen LogP contribution in [0, 0.1) is 0 Å². The van der Waals surface area contributed by atoms with Gasteiger partial charge < -0.3 is 10.1 Å². The summed E-state index contributed by atoms with van der Waals surface area (Å²) < 4.78 is 32.5. The van der Waals surface area contributed by atoms with E-state index in [2.05, 4.69) is 24.1 Å². The second kappa shape index (κ2) is 6.70. The molecule has 3 rings (SSSR count). The number of amides is 1. The van der Waals surface area contributed by atoms with Crippen LogP contribution in [0.4, 0.5) is 5.69 Å². The number of carbonyl (C=O) groups excluding carboxylic acids is 1. The fourth-order valence-corrected chi connectivity index (χ4v) is 4.46. The van der Waals surface area contributed by atoms with Crippen LogP contribution in [0.5, 0.6) is 5.75 Å². The second-order valence-corrected chi connectivity index (χ2v) is 8.13. The first-order valence-corrected chi connectivity index (χ1v) is 9.66. The van der Waals surface area contributed by atoms with Gasteiger partial charge in [-0.25, -0.2) is 8.42 Å². The van der Waals surface area contributed by atoms with Gasteiger partial charge >= 0.3 is 0 Å². The summed E-state index contributed by atoms with van der Waals surface area (Å²) in [6, 6.07) is 5.07. The summed E-state index contributed by atoms with van der Waals surface area (Å²) in [6.07, 6.45) is 1.05. The quantitative estimate of drug-likeness (QED) is 0.878. The lowest BCUT2D eigenvalue weighted by Crippen LogP contribution is -2.51. The number of anilines is 1. The number of hydrogen-bond acceptors (Lipinski definition) is 5. The minimum atomic E-state index is -3.57. The number of nitrogens with zero attached hydrogens (tertiary/aromatic N) is 2. The molecule has 0 bridgehead atoms. The Morgan fingerprint density at radius 3 is 2.62 bits per heavy atom. The van der Waals surface area contributed by atoms with Crippen LogP contribution in [0.25, 0.3) is 0 Å². The van der Waals surface area contributed by atoms with E-state index in [4.69, 9.17) is 4.74 Å². The molecule has 1 unspecified atom stereocenters. The molecule has 1 aromatic carbocycles. The highest BCUT2D eigenvalue weighted by atomic mass is 32.2. The molecule has 1 amide bonds. The van der Waals surface area contributed by atoms with Gasteiger partial charge in [-0.3, -0.25) is 9.69 Å². The molecule has 1 fully saturated rings. The molecule has 132 valence electrons. The molecule has 0 spiro atoms.